The van der Waals surface area contributed by atoms with E-state index in [0.29, 0.717) is 0 Å². The third kappa shape index (κ3) is 2.22. The van der Waals surface area contributed by atoms with Crippen molar-refractivity contribution >= 4 is 22.6 Å². The molecule has 0 fully saturated rings. The molecule has 0 aliphatic rings. The van der Waals surface area contributed by atoms with E-state index in [1.165, 1.54) is 14.7 Å². The second-order valence-corrected chi connectivity index (χ2v) is 5.40. The molecule has 0 spiro atoms. The molecular weight excluding hydrogens is 259 g/mol. The molecule has 0 unspecified atom stereocenters. The second-order valence-electron chi connectivity index (χ2n) is 4.23. The van der Waals surface area contributed by atoms with Crippen molar-refractivity contribution in [2.75, 3.05) is 0 Å². The van der Waals surface area contributed by atoms with Gasteiger partial charge in [-0.15, -0.1) is 0 Å². The second kappa shape index (κ2) is 3.36. The average molecular weight is 274 g/mol. The Labute approximate surface area is 88.5 Å². The summed E-state index contributed by atoms with van der Waals surface area (Å²) in [5, 5.41) is 0. The average Bonchev–Trinajstić information content (AvgIpc) is 1.92. The van der Waals surface area contributed by atoms with Crippen LogP contribution in [-0.4, -0.2) is 0 Å². The van der Waals surface area contributed by atoms with Crippen molar-refractivity contribution in [2.45, 2.75) is 33.1 Å². The fraction of sp³-hybridized carbons (Fsp3) is 0.455. The van der Waals surface area contributed by atoms with Crippen LogP contribution in [0.25, 0.3) is 0 Å². The summed E-state index contributed by atoms with van der Waals surface area (Å²) in [5.41, 5.74) is 3.06. The number of hydrogen-bond donors (Lipinski definition) is 0. The van der Waals surface area contributed by atoms with Gasteiger partial charge in [-0.1, -0.05) is 38.5 Å². The van der Waals surface area contributed by atoms with Gasteiger partial charge in [0, 0.05) is 3.57 Å². The lowest BCUT2D eigenvalue weighted by Crippen LogP contribution is -2.13. The number of benzene rings is 1. The third-order valence-corrected chi connectivity index (χ3v) is 2.87. The highest BCUT2D eigenvalue weighted by atomic mass is 127. The van der Waals surface area contributed by atoms with Crippen molar-refractivity contribution < 1.29 is 0 Å². The van der Waals surface area contributed by atoms with Gasteiger partial charge in [0.2, 0.25) is 0 Å². The first-order valence-electron chi connectivity index (χ1n) is 4.18. The summed E-state index contributed by atoms with van der Waals surface area (Å²) in [7, 11) is 0. The molecule has 0 bridgehead atoms. The van der Waals surface area contributed by atoms with E-state index < -0.39 is 0 Å². The lowest BCUT2D eigenvalue weighted by molar-refractivity contribution is 0.586. The Morgan fingerprint density at radius 1 is 1.17 bits per heavy atom. The normalized spacial score (nSPS) is 11.8. The summed E-state index contributed by atoms with van der Waals surface area (Å²) < 4.78 is 1.37. The van der Waals surface area contributed by atoms with Crippen LogP contribution in [0.2, 0.25) is 0 Å². The Morgan fingerprint density at radius 2 is 1.75 bits per heavy atom. The van der Waals surface area contributed by atoms with E-state index >= 15 is 0 Å². The molecule has 0 amide bonds. The largest absolute Gasteiger partial charge is 0.0583 e. The van der Waals surface area contributed by atoms with Crippen LogP contribution >= 0.6 is 22.6 Å². The van der Waals surface area contributed by atoms with Crippen LogP contribution < -0.4 is 0 Å². The van der Waals surface area contributed by atoms with E-state index in [4.69, 9.17) is 0 Å². The van der Waals surface area contributed by atoms with Gasteiger partial charge in [-0.05, 0) is 46.6 Å². The maximum Gasteiger partial charge on any atom is 0.0167 e. The number of rotatable bonds is 0. The van der Waals surface area contributed by atoms with E-state index in [9.17, 15) is 0 Å². The lowest BCUT2D eigenvalue weighted by Gasteiger charge is -2.21. The smallest absolute Gasteiger partial charge is 0.0167 e. The molecule has 12 heavy (non-hydrogen) atoms. The van der Waals surface area contributed by atoms with Gasteiger partial charge in [-0.3, -0.25) is 0 Å². The molecule has 0 saturated heterocycles. The fourth-order valence-electron chi connectivity index (χ4n) is 1.21. The van der Waals surface area contributed by atoms with Crippen molar-refractivity contribution in [1.82, 2.24) is 0 Å². The highest BCUT2D eigenvalue weighted by Crippen LogP contribution is 2.27. The Bertz CT molecular complexity index is 282. The summed E-state index contributed by atoms with van der Waals surface area (Å²) in [6, 6.07) is 6.63. The quantitative estimate of drug-likeness (QED) is 0.629. The van der Waals surface area contributed by atoms with E-state index in [0.717, 1.165) is 0 Å². The number of hydrogen-bond acceptors (Lipinski definition) is 0. The summed E-state index contributed by atoms with van der Waals surface area (Å²) in [5.74, 6) is 0. The molecule has 1 heteroatoms. The van der Waals surface area contributed by atoms with Crippen LogP contribution in [-0.2, 0) is 5.41 Å². The molecule has 0 heterocycles. The molecule has 0 N–H and O–H groups in total. The molecule has 0 saturated carbocycles. The minimum Gasteiger partial charge on any atom is -0.0583 e. The van der Waals surface area contributed by atoms with Gasteiger partial charge in [0.25, 0.3) is 0 Å². The highest BCUT2D eigenvalue weighted by Gasteiger charge is 2.16. The molecule has 0 aliphatic carbocycles. The molecule has 0 aromatic heterocycles. The zero-order valence-corrected chi connectivity index (χ0v) is 10.3. The first-order chi connectivity index (χ1) is 5.41. The number of aryl methyl sites for hydroxylation is 1. The predicted molar refractivity (Wildman–Crippen MR) is 62.6 cm³/mol. The third-order valence-electron chi connectivity index (χ3n) is 1.93. The summed E-state index contributed by atoms with van der Waals surface area (Å²) in [4.78, 5) is 0. The van der Waals surface area contributed by atoms with Crippen molar-refractivity contribution in [2.24, 2.45) is 0 Å². The first kappa shape index (κ1) is 10.0. The highest BCUT2D eigenvalue weighted by molar-refractivity contribution is 14.1. The van der Waals surface area contributed by atoms with Crippen molar-refractivity contribution in [3.63, 3.8) is 0 Å². The zero-order valence-electron chi connectivity index (χ0n) is 8.11. The SMILES string of the molecule is Cc1ccc(I)c(C(C)(C)C)c1. The standard InChI is InChI=1S/C11H15I/c1-8-5-6-10(12)9(7-8)11(2,3)4/h5-7H,1-4H3. The van der Waals surface area contributed by atoms with Gasteiger partial charge in [0.15, 0.2) is 0 Å². The van der Waals surface area contributed by atoms with Gasteiger partial charge < -0.3 is 0 Å². The van der Waals surface area contributed by atoms with Crippen molar-refractivity contribution in [1.29, 1.82) is 0 Å². The first-order valence-corrected chi connectivity index (χ1v) is 5.26. The maximum atomic E-state index is 2.40. The topological polar surface area (TPSA) is 0 Å². The number of halogens is 1. The Morgan fingerprint density at radius 3 is 2.17 bits per heavy atom. The van der Waals surface area contributed by atoms with Gasteiger partial charge in [0.1, 0.15) is 0 Å². The molecule has 66 valence electrons. The molecule has 1 aromatic rings. The molecule has 0 nitrogen and oxygen atoms in total. The fourth-order valence-corrected chi connectivity index (χ4v) is 2.36. The van der Waals surface area contributed by atoms with Gasteiger partial charge >= 0.3 is 0 Å². The van der Waals surface area contributed by atoms with Crippen LogP contribution in [0.4, 0.5) is 0 Å². The summed E-state index contributed by atoms with van der Waals surface area (Å²) >= 11 is 2.40. The van der Waals surface area contributed by atoms with Crippen LogP contribution in [0, 0.1) is 10.5 Å². The van der Waals surface area contributed by atoms with Crippen molar-refractivity contribution in [3.8, 4) is 0 Å². The Kier molecular flexibility index (Phi) is 2.81. The molecule has 1 aromatic carbocycles. The van der Waals surface area contributed by atoms with E-state index in [1.807, 2.05) is 0 Å². The molecule has 0 aliphatic heterocycles. The minimum atomic E-state index is 0.266. The molecule has 0 radical (unpaired) electrons. The molecular formula is C11H15I. The van der Waals surface area contributed by atoms with E-state index in [2.05, 4.69) is 68.5 Å². The van der Waals surface area contributed by atoms with Crippen LogP contribution in [0.1, 0.15) is 31.9 Å². The van der Waals surface area contributed by atoms with Crippen LogP contribution in [0.15, 0.2) is 18.2 Å². The summed E-state index contributed by atoms with van der Waals surface area (Å²) in [6.45, 7) is 8.91. The van der Waals surface area contributed by atoms with Gasteiger partial charge in [0.05, 0.1) is 0 Å². The predicted octanol–water partition coefficient (Wildman–Crippen LogP) is 3.90. The molecule has 0 atom stereocenters. The summed E-state index contributed by atoms with van der Waals surface area (Å²) in [6.07, 6.45) is 0. The maximum absolute atomic E-state index is 2.40. The van der Waals surface area contributed by atoms with E-state index in [-0.39, 0.29) is 5.41 Å². The zero-order chi connectivity index (χ0) is 9.35. The monoisotopic (exact) mass is 274 g/mol. The van der Waals surface area contributed by atoms with Gasteiger partial charge in [-0.25, -0.2) is 0 Å². The Hall–Kier alpha value is -0.0500. The van der Waals surface area contributed by atoms with Gasteiger partial charge in [-0.2, -0.15) is 0 Å². The molecule has 1 rings (SSSR count). The van der Waals surface area contributed by atoms with Crippen LogP contribution in [0.3, 0.4) is 0 Å². The lowest BCUT2D eigenvalue weighted by atomic mass is 9.86. The van der Waals surface area contributed by atoms with Crippen molar-refractivity contribution in [3.05, 3.63) is 32.9 Å². The van der Waals surface area contributed by atoms with E-state index in [1.54, 1.807) is 0 Å². The minimum absolute atomic E-state index is 0.266. The van der Waals surface area contributed by atoms with Crippen LogP contribution in [0.5, 0.6) is 0 Å². The Balaban J connectivity index is 3.23.